The van der Waals surface area contributed by atoms with Crippen LogP contribution < -0.4 is 5.32 Å². The molecule has 3 atom stereocenters. The molecule has 2 aromatic heterocycles. The Bertz CT molecular complexity index is 869. The Morgan fingerprint density at radius 3 is 2.92 bits per heavy atom. The minimum Gasteiger partial charge on any atom is -0.361 e. The number of aromatic amines is 1. The van der Waals surface area contributed by atoms with Crippen LogP contribution in [0.3, 0.4) is 0 Å². The molecule has 5 rings (SSSR count). The molecule has 2 aliphatic heterocycles. The van der Waals surface area contributed by atoms with E-state index in [1.807, 2.05) is 6.20 Å². The van der Waals surface area contributed by atoms with Crippen molar-refractivity contribution in [2.45, 2.75) is 6.04 Å². The molecule has 4 heterocycles. The summed E-state index contributed by atoms with van der Waals surface area (Å²) in [6.07, 6.45) is 1.96. The monoisotopic (exact) mass is 319 g/mol. The van der Waals surface area contributed by atoms with Gasteiger partial charge in [-0.15, -0.1) is 0 Å². The lowest BCUT2D eigenvalue weighted by atomic mass is 9.92. The van der Waals surface area contributed by atoms with E-state index in [0.717, 1.165) is 41.5 Å². The summed E-state index contributed by atoms with van der Waals surface area (Å²) < 4.78 is 0. The van der Waals surface area contributed by atoms with E-state index in [9.17, 15) is 0 Å². The Labute approximate surface area is 141 Å². The summed E-state index contributed by atoms with van der Waals surface area (Å²) in [4.78, 5) is 5.65. The molecule has 1 aromatic carbocycles. The van der Waals surface area contributed by atoms with Gasteiger partial charge in [-0.2, -0.15) is 10.2 Å². The Hall–Kier alpha value is -2.24. The van der Waals surface area contributed by atoms with E-state index in [-0.39, 0.29) is 0 Å². The van der Waals surface area contributed by atoms with E-state index in [1.54, 1.807) is 0 Å². The van der Waals surface area contributed by atoms with Gasteiger partial charge in [-0.3, -0.25) is 0 Å². The van der Waals surface area contributed by atoms with Crippen molar-refractivity contribution >= 4 is 10.9 Å². The van der Waals surface area contributed by atoms with Crippen molar-refractivity contribution in [1.29, 1.82) is 0 Å². The van der Waals surface area contributed by atoms with E-state index >= 15 is 0 Å². The van der Waals surface area contributed by atoms with Gasteiger partial charge in [-0.1, -0.05) is 6.07 Å². The number of benzene rings is 1. The third-order valence-electron chi connectivity index (χ3n) is 5.56. The highest BCUT2D eigenvalue weighted by Crippen LogP contribution is 2.37. The van der Waals surface area contributed by atoms with Crippen molar-refractivity contribution in [1.82, 2.24) is 25.4 Å². The minimum atomic E-state index is 0.341. The lowest BCUT2D eigenvalue weighted by molar-refractivity contribution is 0.357. The highest BCUT2D eigenvalue weighted by atomic mass is 15.2. The quantitative estimate of drug-likeness (QED) is 0.762. The summed E-state index contributed by atoms with van der Waals surface area (Å²) in [5.74, 6) is 1.41. The maximum absolute atomic E-state index is 4.55. The highest BCUT2D eigenvalue weighted by Gasteiger charge is 2.42. The Morgan fingerprint density at radius 1 is 1.08 bits per heavy atom. The topological polar surface area (TPSA) is 56.8 Å². The van der Waals surface area contributed by atoms with E-state index < -0.39 is 0 Å². The number of aromatic nitrogens is 3. The van der Waals surface area contributed by atoms with Crippen LogP contribution in [0, 0.1) is 11.8 Å². The highest BCUT2D eigenvalue weighted by molar-refractivity contribution is 5.84. The molecule has 0 aliphatic carbocycles. The molecule has 0 saturated carbocycles. The third-order valence-corrected chi connectivity index (χ3v) is 5.56. The maximum atomic E-state index is 4.55. The van der Waals surface area contributed by atoms with Gasteiger partial charge < -0.3 is 15.2 Å². The number of nitrogens with zero attached hydrogens (tertiary/aromatic N) is 3. The Kier molecular flexibility index (Phi) is 3.18. The lowest BCUT2D eigenvalue weighted by Crippen LogP contribution is -2.25. The first-order valence-electron chi connectivity index (χ1n) is 8.61. The molecular weight excluding hydrogens is 298 g/mol. The van der Waals surface area contributed by atoms with Gasteiger partial charge in [-0.25, -0.2) is 0 Å². The average molecular weight is 319 g/mol. The summed E-state index contributed by atoms with van der Waals surface area (Å²) in [7, 11) is 2.21. The van der Waals surface area contributed by atoms with Crippen molar-refractivity contribution in [2.75, 3.05) is 26.7 Å². The zero-order chi connectivity index (χ0) is 16.1. The van der Waals surface area contributed by atoms with Crippen LogP contribution in [0.4, 0.5) is 0 Å². The Balaban J connectivity index is 1.42. The number of hydrogen-bond donors (Lipinski definition) is 2. The maximum Gasteiger partial charge on any atom is 0.0930 e. The van der Waals surface area contributed by atoms with Gasteiger partial charge in [0.15, 0.2) is 0 Å². The summed E-state index contributed by atoms with van der Waals surface area (Å²) in [6, 6.07) is 13.0. The standard InChI is InChI=1S/C19H21N5/c1-24-10-14-9-21-19(15(14)11-24)18-5-4-17(22-23-18)12-2-3-16-13(8-12)6-7-20-16/h2-8,14-15,19-21H,9-11H2,1H3. The predicted molar refractivity (Wildman–Crippen MR) is 94.5 cm³/mol. The second-order valence-corrected chi connectivity index (χ2v) is 7.15. The minimum absolute atomic E-state index is 0.341. The van der Waals surface area contributed by atoms with Crippen LogP contribution in [0.2, 0.25) is 0 Å². The van der Waals surface area contributed by atoms with E-state index in [1.165, 1.54) is 11.9 Å². The molecular formula is C19H21N5. The second-order valence-electron chi connectivity index (χ2n) is 7.15. The first-order chi connectivity index (χ1) is 11.8. The molecule has 24 heavy (non-hydrogen) atoms. The van der Waals surface area contributed by atoms with Crippen LogP contribution in [0.5, 0.6) is 0 Å². The fourth-order valence-electron chi connectivity index (χ4n) is 4.34. The van der Waals surface area contributed by atoms with Gasteiger partial charge >= 0.3 is 0 Å². The van der Waals surface area contributed by atoms with Gasteiger partial charge in [0.1, 0.15) is 0 Å². The van der Waals surface area contributed by atoms with Crippen molar-refractivity contribution in [2.24, 2.45) is 11.8 Å². The van der Waals surface area contributed by atoms with E-state index in [2.05, 4.69) is 68.8 Å². The smallest absolute Gasteiger partial charge is 0.0930 e. The molecule has 122 valence electrons. The predicted octanol–water partition coefficient (Wildman–Crippen LogP) is 2.45. The van der Waals surface area contributed by atoms with Gasteiger partial charge in [0.25, 0.3) is 0 Å². The van der Waals surface area contributed by atoms with E-state index in [4.69, 9.17) is 0 Å². The third kappa shape index (κ3) is 2.24. The van der Waals surface area contributed by atoms with Crippen LogP contribution in [-0.2, 0) is 0 Å². The van der Waals surface area contributed by atoms with Crippen molar-refractivity contribution < 1.29 is 0 Å². The van der Waals surface area contributed by atoms with Gasteiger partial charge in [0, 0.05) is 42.3 Å². The summed E-state index contributed by atoms with van der Waals surface area (Å²) >= 11 is 0. The first-order valence-corrected chi connectivity index (χ1v) is 8.61. The second kappa shape index (κ2) is 5.40. The number of rotatable bonds is 2. The van der Waals surface area contributed by atoms with Crippen LogP contribution >= 0.6 is 0 Å². The molecule has 0 radical (unpaired) electrons. The normalized spacial score (nSPS) is 27.0. The lowest BCUT2D eigenvalue weighted by Gasteiger charge is -2.18. The number of H-pyrrole nitrogens is 1. The Morgan fingerprint density at radius 2 is 2.04 bits per heavy atom. The molecule has 3 aromatic rings. The molecule has 5 nitrogen and oxygen atoms in total. The summed E-state index contributed by atoms with van der Waals surface area (Å²) in [5, 5.41) is 13.9. The molecule has 5 heteroatoms. The van der Waals surface area contributed by atoms with Crippen molar-refractivity contribution in [3.63, 3.8) is 0 Å². The molecule has 2 aliphatic rings. The number of fused-ring (bicyclic) bond motifs is 2. The first kappa shape index (κ1) is 14.1. The summed E-state index contributed by atoms with van der Waals surface area (Å²) in [5.41, 5.74) is 4.26. The van der Waals surface area contributed by atoms with Crippen LogP contribution in [0.1, 0.15) is 11.7 Å². The number of nitrogens with one attached hydrogen (secondary N) is 2. The van der Waals surface area contributed by atoms with Crippen LogP contribution in [0.15, 0.2) is 42.6 Å². The molecule has 2 N–H and O–H groups in total. The zero-order valence-corrected chi connectivity index (χ0v) is 13.7. The molecule has 2 fully saturated rings. The zero-order valence-electron chi connectivity index (χ0n) is 13.7. The van der Waals surface area contributed by atoms with Gasteiger partial charge in [-0.05, 0) is 49.2 Å². The molecule has 3 unspecified atom stereocenters. The molecule has 2 saturated heterocycles. The fraction of sp³-hybridized carbons (Fsp3) is 0.368. The molecule has 0 spiro atoms. The SMILES string of the molecule is CN1CC2CNC(c3ccc(-c4ccc5[nH]ccc5c4)nn3)C2C1. The fourth-order valence-corrected chi connectivity index (χ4v) is 4.34. The number of hydrogen-bond acceptors (Lipinski definition) is 4. The van der Waals surface area contributed by atoms with Crippen molar-refractivity contribution in [3.05, 3.63) is 48.3 Å². The molecule has 0 amide bonds. The largest absolute Gasteiger partial charge is 0.361 e. The van der Waals surface area contributed by atoms with Crippen LogP contribution in [-0.4, -0.2) is 46.8 Å². The van der Waals surface area contributed by atoms with Gasteiger partial charge in [0.2, 0.25) is 0 Å². The van der Waals surface area contributed by atoms with Crippen LogP contribution in [0.25, 0.3) is 22.2 Å². The average Bonchev–Trinajstić information content (AvgIpc) is 3.29. The number of likely N-dealkylation sites (tertiary alicyclic amines) is 1. The summed E-state index contributed by atoms with van der Waals surface area (Å²) in [6.45, 7) is 3.43. The van der Waals surface area contributed by atoms with Gasteiger partial charge in [0.05, 0.1) is 17.4 Å². The molecule has 0 bridgehead atoms. The van der Waals surface area contributed by atoms with E-state index in [0.29, 0.717) is 12.0 Å². The van der Waals surface area contributed by atoms with Crippen molar-refractivity contribution in [3.8, 4) is 11.3 Å².